The van der Waals surface area contributed by atoms with Crippen molar-refractivity contribution in [3.63, 3.8) is 0 Å². The Morgan fingerprint density at radius 2 is 1.87 bits per heavy atom. The molecule has 2 aromatic heterocycles. The fraction of sp³-hybridized carbons (Fsp3) is 0.458. The van der Waals surface area contributed by atoms with Gasteiger partial charge in [0.1, 0.15) is 10.7 Å². The molecule has 1 aliphatic heterocycles. The van der Waals surface area contributed by atoms with E-state index in [4.69, 9.17) is 0 Å². The number of fused-ring (bicyclic) bond motifs is 1. The van der Waals surface area contributed by atoms with Crippen LogP contribution in [0.5, 0.6) is 0 Å². The molecule has 1 fully saturated rings. The smallest absolute Gasteiger partial charge is 0.261 e. The van der Waals surface area contributed by atoms with Crippen molar-refractivity contribution in [3.8, 4) is 0 Å². The lowest BCUT2D eigenvalue weighted by atomic mass is 10.0. The van der Waals surface area contributed by atoms with Gasteiger partial charge >= 0.3 is 0 Å². The molecule has 3 aromatic rings. The number of likely N-dealkylation sites (tertiary alicyclic amines) is 1. The maximum atomic E-state index is 12.8. The van der Waals surface area contributed by atoms with Crippen LogP contribution in [0.2, 0.25) is 0 Å². The number of amides is 1. The molecule has 1 saturated heterocycles. The Hall–Kier alpha value is -2.31. The maximum absolute atomic E-state index is 12.8. The van der Waals surface area contributed by atoms with E-state index in [1.165, 1.54) is 42.7 Å². The Morgan fingerprint density at radius 3 is 2.60 bits per heavy atom. The largest absolute Gasteiger partial charge is 0.347 e. The topological polar surface area (TPSA) is 58.1 Å². The summed E-state index contributed by atoms with van der Waals surface area (Å²) in [6.07, 6.45) is 3.95. The number of hydrogen-bond donors (Lipinski definition) is 1. The molecule has 1 unspecified atom stereocenters. The van der Waals surface area contributed by atoms with Gasteiger partial charge in [0.2, 0.25) is 0 Å². The number of carbonyl (C=O) groups is 1. The third-order valence-electron chi connectivity index (χ3n) is 6.09. The van der Waals surface area contributed by atoms with Crippen LogP contribution in [-0.4, -0.2) is 33.4 Å². The van der Waals surface area contributed by atoms with Crippen molar-refractivity contribution >= 4 is 27.5 Å². The van der Waals surface area contributed by atoms with Crippen molar-refractivity contribution in [1.29, 1.82) is 0 Å². The molecule has 158 valence electrons. The average molecular weight is 423 g/mol. The Labute approximate surface area is 182 Å². The third-order valence-corrected chi connectivity index (χ3v) is 7.28. The molecule has 1 amide bonds. The summed E-state index contributed by atoms with van der Waals surface area (Å²) < 4.78 is 0. The Balaban J connectivity index is 1.40. The molecule has 0 radical (unpaired) electrons. The molecule has 1 aromatic carbocycles. The molecular formula is C24H30N4OS. The number of carbonyl (C=O) groups excluding carboxylic acids is 1. The quantitative estimate of drug-likeness (QED) is 0.634. The van der Waals surface area contributed by atoms with Crippen LogP contribution >= 0.6 is 11.3 Å². The number of aromatic nitrogens is 2. The lowest BCUT2D eigenvalue weighted by Crippen LogP contribution is -2.36. The zero-order valence-electron chi connectivity index (χ0n) is 18.3. The summed E-state index contributed by atoms with van der Waals surface area (Å²) >= 11 is 1.45. The van der Waals surface area contributed by atoms with E-state index in [0.29, 0.717) is 12.6 Å². The molecule has 0 aliphatic carbocycles. The van der Waals surface area contributed by atoms with E-state index in [0.717, 1.165) is 44.3 Å². The van der Waals surface area contributed by atoms with E-state index in [1.807, 2.05) is 20.8 Å². The van der Waals surface area contributed by atoms with Gasteiger partial charge in [0.25, 0.3) is 5.91 Å². The van der Waals surface area contributed by atoms with Crippen LogP contribution in [0.25, 0.3) is 10.2 Å². The van der Waals surface area contributed by atoms with Crippen molar-refractivity contribution in [2.75, 3.05) is 6.54 Å². The van der Waals surface area contributed by atoms with Gasteiger partial charge < -0.3 is 5.32 Å². The summed E-state index contributed by atoms with van der Waals surface area (Å²) in [6.45, 7) is 10.9. The van der Waals surface area contributed by atoms with E-state index in [-0.39, 0.29) is 5.91 Å². The molecule has 5 nitrogen and oxygen atoms in total. The van der Waals surface area contributed by atoms with Crippen LogP contribution < -0.4 is 5.32 Å². The first-order chi connectivity index (χ1) is 14.4. The van der Waals surface area contributed by atoms with Crippen LogP contribution in [0, 0.1) is 20.8 Å². The molecule has 1 aliphatic rings. The van der Waals surface area contributed by atoms with Gasteiger partial charge in [-0.1, -0.05) is 30.7 Å². The minimum atomic E-state index is -0.0428. The molecule has 4 rings (SSSR count). The number of nitrogens with zero attached hydrogens (tertiary/aromatic N) is 3. The fourth-order valence-electron chi connectivity index (χ4n) is 4.34. The van der Waals surface area contributed by atoms with Gasteiger partial charge in [-0.15, -0.1) is 11.3 Å². The first-order valence-corrected chi connectivity index (χ1v) is 11.6. The third kappa shape index (κ3) is 4.40. The highest BCUT2D eigenvalue weighted by molar-refractivity contribution is 7.20. The fourth-order valence-corrected chi connectivity index (χ4v) is 5.54. The molecule has 0 saturated carbocycles. The number of benzene rings is 1. The van der Waals surface area contributed by atoms with Gasteiger partial charge in [-0.3, -0.25) is 9.69 Å². The summed E-state index contributed by atoms with van der Waals surface area (Å²) in [4.78, 5) is 25.9. The molecular weight excluding hydrogens is 392 g/mol. The normalized spacial score (nSPS) is 17.4. The monoisotopic (exact) mass is 422 g/mol. The number of nitrogens with one attached hydrogen (secondary N) is 1. The molecule has 0 bridgehead atoms. The lowest BCUT2D eigenvalue weighted by molar-refractivity contribution is 0.0954. The van der Waals surface area contributed by atoms with Gasteiger partial charge in [0, 0.05) is 30.2 Å². The molecule has 3 heterocycles. The summed E-state index contributed by atoms with van der Waals surface area (Å²) in [5.41, 5.74) is 4.35. The zero-order chi connectivity index (χ0) is 21.3. The Morgan fingerprint density at radius 1 is 1.13 bits per heavy atom. The standard InChI is InChI=1S/C24H30N4OS/c1-15-7-5-6-12-28(15)14-20-10-8-19(9-11-20)13-25-23(29)22-16(2)21-17(3)26-18(4)27-24(21)30-22/h8-11,15H,5-7,12-14H2,1-4H3,(H,25,29). The van der Waals surface area contributed by atoms with E-state index in [1.54, 1.807) is 0 Å². The van der Waals surface area contributed by atoms with Gasteiger partial charge in [0.15, 0.2) is 0 Å². The summed E-state index contributed by atoms with van der Waals surface area (Å²) in [7, 11) is 0. The van der Waals surface area contributed by atoms with Crippen LogP contribution in [0.3, 0.4) is 0 Å². The lowest BCUT2D eigenvalue weighted by Gasteiger charge is -2.33. The van der Waals surface area contributed by atoms with Crippen LogP contribution in [-0.2, 0) is 13.1 Å². The summed E-state index contributed by atoms with van der Waals surface area (Å²) in [5.74, 6) is 0.700. The second-order valence-corrected chi connectivity index (χ2v) is 9.41. The van der Waals surface area contributed by atoms with Crippen molar-refractivity contribution in [2.45, 2.75) is 66.1 Å². The minimum Gasteiger partial charge on any atom is -0.347 e. The zero-order valence-corrected chi connectivity index (χ0v) is 19.1. The van der Waals surface area contributed by atoms with Crippen LogP contribution in [0.1, 0.15) is 64.1 Å². The summed E-state index contributed by atoms with van der Waals surface area (Å²) in [5, 5.41) is 4.08. The van der Waals surface area contributed by atoms with Crippen molar-refractivity contribution < 1.29 is 4.79 Å². The second-order valence-electron chi connectivity index (χ2n) is 8.41. The van der Waals surface area contributed by atoms with Gasteiger partial charge in [0.05, 0.1) is 4.88 Å². The predicted molar refractivity (Wildman–Crippen MR) is 123 cm³/mol. The number of thiophene rings is 1. The molecule has 0 spiro atoms. The first-order valence-electron chi connectivity index (χ1n) is 10.8. The highest BCUT2D eigenvalue weighted by atomic mass is 32.1. The van der Waals surface area contributed by atoms with Gasteiger partial charge in [-0.2, -0.15) is 0 Å². The molecule has 1 atom stereocenters. The highest BCUT2D eigenvalue weighted by Gasteiger charge is 2.19. The van der Waals surface area contributed by atoms with Crippen molar-refractivity contribution in [1.82, 2.24) is 20.2 Å². The van der Waals surface area contributed by atoms with Crippen molar-refractivity contribution in [3.05, 3.63) is 57.4 Å². The van der Waals surface area contributed by atoms with E-state index in [9.17, 15) is 4.79 Å². The second kappa shape index (κ2) is 8.82. The van der Waals surface area contributed by atoms with Gasteiger partial charge in [-0.25, -0.2) is 9.97 Å². The first kappa shape index (κ1) is 20.9. The molecule has 30 heavy (non-hydrogen) atoms. The number of hydrogen-bond acceptors (Lipinski definition) is 5. The minimum absolute atomic E-state index is 0.0428. The molecule has 6 heteroatoms. The van der Waals surface area contributed by atoms with Gasteiger partial charge in [-0.05, 0) is 63.8 Å². The Kier molecular flexibility index (Phi) is 6.16. The van der Waals surface area contributed by atoms with Crippen LogP contribution in [0.4, 0.5) is 0 Å². The predicted octanol–water partition coefficient (Wildman–Crippen LogP) is 4.92. The number of piperidine rings is 1. The maximum Gasteiger partial charge on any atom is 0.261 e. The van der Waals surface area contributed by atoms with E-state index < -0.39 is 0 Å². The average Bonchev–Trinajstić information content (AvgIpc) is 3.05. The van der Waals surface area contributed by atoms with E-state index in [2.05, 4.69) is 51.4 Å². The van der Waals surface area contributed by atoms with Crippen LogP contribution in [0.15, 0.2) is 24.3 Å². The SMILES string of the molecule is Cc1nc(C)c2c(C)c(C(=O)NCc3ccc(CN4CCCCC4C)cc3)sc2n1. The summed E-state index contributed by atoms with van der Waals surface area (Å²) in [6, 6.07) is 9.30. The Bertz CT molecular complexity index is 1060. The van der Waals surface area contributed by atoms with E-state index >= 15 is 0 Å². The molecule has 1 N–H and O–H groups in total. The highest BCUT2D eigenvalue weighted by Crippen LogP contribution is 2.31. The number of rotatable bonds is 5. The number of aryl methyl sites for hydroxylation is 3. The van der Waals surface area contributed by atoms with Crippen molar-refractivity contribution in [2.24, 2.45) is 0 Å².